The smallest absolute Gasteiger partial charge is 0.424 e. The van der Waals surface area contributed by atoms with Gasteiger partial charge in [0.25, 0.3) is 0 Å². The number of unbranched alkanes of at least 4 members (excludes halogenated alkanes) is 28. The number of hydrogen-bond donors (Lipinski definition) is 0. The van der Waals surface area contributed by atoms with Crippen LogP contribution in [0.3, 0.4) is 0 Å². The molecule has 1 aromatic carbocycles. The zero-order valence-corrected chi connectivity index (χ0v) is 44.6. The number of quaternary nitrogens is 1. The van der Waals surface area contributed by atoms with Crippen LogP contribution in [0.25, 0.3) is 0 Å². The fraction of sp³-hybridized carbons (Fsp3) is 0.843. The average Bonchev–Trinajstić information content (AvgIpc) is 3.24. The maximum absolute atomic E-state index is 12.7. The van der Waals surface area contributed by atoms with Crippen LogP contribution in [-0.2, 0) is 42.8 Å². The number of ether oxygens (including phenoxy) is 2. The van der Waals surface area contributed by atoms with E-state index in [0.717, 1.165) is 44.1 Å². The van der Waals surface area contributed by atoms with Crippen molar-refractivity contribution in [2.24, 2.45) is 0 Å². The highest BCUT2D eigenvalue weighted by atomic mass is 35.7. The molecule has 0 radical (unpaired) electrons. The highest BCUT2D eigenvalue weighted by molar-refractivity contribution is 7.85. The Morgan fingerprint density at radius 2 is 0.938 bits per heavy atom. The van der Waals surface area contributed by atoms with Crippen LogP contribution in [0.15, 0.2) is 29.2 Å². The van der Waals surface area contributed by atoms with Crippen molar-refractivity contribution in [3.05, 3.63) is 29.8 Å². The topological polar surface area (TPSA) is 145 Å². The standard InChI is InChI=1S/C44H88ClNO7P.C7H8O3S/c1-6-8-10-12-14-16-18-20-22-24-26-28-30-32-34-36-43(47)50-40-42(41-52-54(45,49)51-39-38-46(3,4)5)53-44(48)37-35-33-31-29-27-25-23-21-19-17-15-13-11-9-7-2;1-6-2-4-7(5-3-6)11(8,9)10/h42H,6-41H2,1-5H3;2-5H,1H3,(H,8,9,10)/q+1;/p-1/t42-,54?;/m1./s1. The molecular weight excluding hydrogens is 885 g/mol. The van der Waals surface area contributed by atoms with Gasteiger partial charge in [-0.2, -0.15) is 0 Å². The van der Waals surface area contributed by atoms with Crippen molar-refractivity contribution in [2.45, 2.75) is 237 Å². The minimum atomic E-state index is -4.27. The van der Waals surface area contributed by atoms with Crippen LogP contribution in [0, 0.1) is 6.92 Å². The van der Waals surface area contributed by atoms with Gasteiger partial charge in [0.2, 0.25) is 0 Å². The van der Waals surface area contributed by atoms with Crippen LogP contribution in [-0.4, -0.2) is 83.0 Å². The third kappa shape index (κ3) is 44.7. The molecule has 0 heterocycles. The normalized spacial score (nSPS) is 13.2. The molecular formula is C51H95ClNO10PS. The summed E-state index contributed by atoms with van der Waals surface area (Å²) in [6.07, 6.45) is 37.5. The molecule has 0 N–H and O–H groups in total. The van der Waals surface area contributed by atoms with Crippen LogP contribution in [0.4, 0.5) is 0 Å². The lowest BCUT2D eigenvalue weighted by Crippen LogP contribution is -2.37. The third-order valence-corrected chi connectivity index (χ3v) is 13.8. The van der Waals surface area contributed by atoms with Crippen LogP contribution in [0.2, 0.25) is 0 Å². The van der Waals surface area contributed by atoms with E-state index < -0.39 is 23.2 Å². The summed E-state index contributed by atoms with van der Waals surface area (Å²) in [5.74, 6) is -0.714. The van der Waals surface area contributed by atoms with Crippen molar-refractivity contribution >= 4 is 40.2 Å². The second kappa shape index (κ2) is 41.4. The molecule has 0 aliphatic carbocycles. The number of carbonyl (C=O) groups is 2. The SMILES string of the molecule is CCCCCCCCCCCCCCCCCC(=O)OC[C@H](COP(=O)(Cl)OCC[N+](C)(C)C)OC(=O)CCCCCCCCCCCCCCCCC.Cc1ccc(S(=O)(=O)[O-])cc1. The number of nitrogens with zero attached hydrogens (tertiary/aromatic N) is 1. The number of rotatable bonds is 43. The number of aryl methyl sites for hydroxylation is 1. The van der Waals surface area contributed by atoms with Gasteiger partial charge in [-0.25, -0.2) is 13.0 Å². The first-order chi connectivity index (χ1) is 31.0. The minimum Gasteiger partial charge on any atom is -0.744 e. The van der Waals surface area contributed by atoms with E-state index in [1.165, 1.54) is 166 Å². The van der Waals surface area contributed by atoms with Gasteiger partial charge in [-0.3, -0.25) is 18.6 Å². The molecule has 0 aromatic heterocycles. The Hall–Kier alpha value is -1.53. The van der Waals surface area contributed by atoms with Crippen LogP contribution >= 0.6 is 18.2 Å². The summed E-state index contributed by atoms with van der Waals surface area (Å²) >= 11 is 6.05. The highest BCUT2D eigenvalue weighted by Crippen LogP contribution is 2.53. The number of esters is 2. The number of halogens is 1. The molecule has 11 nitrogen and oxygen atoms in total. The summed E-state index contributed by atoms with van der Waals surface area (Å²) in [6.45, 7) is 2.76. The quantitative estimate of drug-likeness (QED) is 0.0204. The van der Waals surface area contributed by atoms with Crippen molar-refractivity contribution < 1.29 is 50.1 Å². The molecule has 0 aliphatic heterocycles. The Balaban J connectivity index is 0.00000321. The van der Waals surface area contributed by atoms with E-state index in [0.29, 0.717) is 17.4 Å². The fourth-order valence-corrected chi connectivity index (χ4v) is 8.80. The molecule has 0 saturated heterocycles. The summed E-state index contributed by atoms with van der Waals surface area (Å²) in [5.41, 5.74) is 0.928. The molecule has 382 valence electrons. The Morgan fingerprint density at radius 1 is 0.585 bits per heavy atom. The molecule has 14 heteroatoms. The van der Waals surface area contributed by atoms with E-state index in [1.54, 1.807) is 12.1 Å². The molecule has 0 fully saturated rings. The van der Waals surface area contributed by atoms with E-state index in [9.17, 15) is 27.1 Å². The number of likely N-dealkylation sites (N-methyl/N-ethyl adjacent to an activating group) is 1. The first-order valence-corrected chi connectivity index (χ1v) is 29.6. The van der Waals surface area contributed by atoms with Gasteiger partial charge >= 0.3 is 18.9 Å². The largest absolute Gasteiger partial charge is 0.744 e. The second-order valence-electron chi connectivity index (χ2n) is 19.0. The Kier molecular flexibility index (Phi) is 40.5. The average molecular weight is 981 g/mol. The third-order valence-electron chi connectivity index (χ3n) is 11.4. The second-order valence-corrected chi connectivity index (χ2v) is 23.0. The number of benzene rings is 1. The maximum atomic E-state index is 12.7. The molecule has 0 bridgehead atoms. The molecule has 1 aromatic rings. The number of carbonyl (C=O) groups excluding carboxylic acids is 2. The summed E-state index contributed by atoms with van der Waals surface area (Å²) in [5, 5.41) is 0. The van der Waals surface area contributed by atoms with Gasteiger partial charge < -0.3 is 18.5 Å². The van der Waals surface area contributed by atoms with Crippen LogP contribution in [0.1, 0.15) is 225 Å². The molecule has 0 saturated carbocycles. The monoisotopic (exact) mass is 980 g/mol. The molecule has 1 rings (SSSR count). The minimum absolute atomic E-state index is 0.155. The van der Waals surface area contributed by atoms with E-state index in [1.807, 2.05) is 28.1 Å². The molecule has 0 amide bonds. The van der Waals surface area contributed by atoms with Gasteiger partial charge in [0, 0.05) is 24.1 Å². The molecule has 65 heavy (non-hydrogen) atoms. The molecule has 1 unspecified atom stereocenters. The predicted octanol–water partition coefficient (Wildman–Crippen LogP) is 14.9. The number of hydrogen-bond acceptors (Lipinski definition) is 10. The van der Waals surface area contributed by atoms with Crippen LogP contribution in [0.5, 0.6) is 0 Å². The highest BCUT2D eigenvalue weighted by Gasteiger charge is 2.27. The summed E-state index contributed by atoms with van der Waals surface area (Å²) in [6, 6.07) is 5.78. The van der Waals surface area contributed by atoms with Crippen molar-refractivity contribution in [3.8, 4) is 0 Å². The Labute approximate surface area is 403 Å². The lowest BCUT2D eigenvalue weighted by atomic mass is 10.0. The van der Waals surface area contributed by atoms with E-state index in [4.69, 9.17) is 29.8 Å². The molecule has 2 atom stereocenters. The summed E-state index contributed by atoms with van der Waals surface area (Å²) in [4.78, 5) is 25.1. The van der Waals surface area contributed by atoms with Gasteiger partial charge in [0.05, 0.1) is 32.6 Å². The van der Waals surface area contributed by atoms with E-state index in [-0.39, 0.29) is 43.1 Å². The molecule has 0 aliphatic rings. The van der Waals surface area contributed by atoms with E-state index in [2.05, 4.69) is 13.8 Å². The van der Waals surface area contributed by atoms with Crippen molar-refractivity contribution in [1.82, 2.24) is 0 Å². The van der Waals surface area contributed by atoms with Crippen LogP contribution < -0.4 is 0 Å². The summed E-state index contributed by atoms with van der Waals surface area (Å²) < 4.78 is 66.3. The van der Waals surface area contributed by atoms with Gasteiger partial charge in [-0.15, -0.1) is 0 Å². The van der Waals surface area contributed by atoms with Crippen molar-refractivity contribution in [2.75, 3.05) is 47.5 Å². The van der Waals surface area contributed by atoms with Crippen molar-refractivity contribution in [3.63, 3.8) is 0 Å². The van der Waals surface area contributed by atoms with Gasteiger partial charge in [-0.05, 0) is 31.9 Å². The van der Waals surface area contributed by atoms with Gasteiger partial charge in [-0.1, -0.05) is 211 Å². The zero-order valence-electron chi connectivity index (χ0n) is 42.1. The van der Waals surface area contributed by atoms with Gasteiger partial charge in [0.15, 0.2) is 6.10 Å². The lowest BCUT2D eigenvalue weighted by molar-refractivity contribution is -0.870. The summed E-state index contributed by atoms with van der Waals surface area (Å²) in [7, 11) is 1.70. The van der Waals surface area contributed by atoms with Crippen molar-refractivity contribution in [1.29, 1.82) is 0 Å². The first kappa shape index (κ1) is 63.5. The lowest BCUT2D eigenvalue weighted by Gasteiger charge is -2.24. The zero-order chi connectivity index (χ0) is 48.5. The Morgan fingerprint density at radius 3 is 1.29 bits per heavy atom. The fourth-order valence-electron chi connectivity index (χ4n) is 7.24. The molecule has 0 spiro atoms. The predicted molar refractivity (Wildman–Crippen MR) is 267 cm³/mol. The van der Waals surface area contributed by atoms with Gasteiger partial charge in [0.1, 0.15) is 29.9 Å². The Bertz CT molecular complexity index is 1440. The maximum Gasteiger partial charge on any atom is 0.424 e. The first-order valence-electron chi connectivity index (χ1n) is 25.8. The van der Waals surface area contributed by atoms with E-state index >= 15 is 0 Å².